The van der Waals surface area contributed by atoms with Crippen molar-refractivity contribution >= 4 is 11.6 Å². The van der Waals surface area contributed by atoms with Gasteiger partial charge in [0.15, 0.2) is 0 Å². The predicted molar refractivity (Wildman–Crippen MR) is 82.3 cm³/mol. The van der Waals surface area contributed by atoms with Crippen LogP contribution in [0.2, 0.25) is 0 Å². The van der Waals surface area contributed by atoms with Crippen LogP contribution in [0.3, 0.4) is 0 Å². The number of carbonyl (C=O) groups is 1. The number of nitrogens with two attached hydrogens (primary N) is 1. The maximum Gasteiger partial charge on any atom is 0.220 e. The van der Waals surface area contributed by atoms with Gasteiger partial charge in [-0.2, -0.15) is 0 Å². The third-order valence-electron chi connectivity index (χ3n) is 3.72. The van der Waals surface area contributed by atoms with Crippen molar-refractivity contribution in [3.05, 3.63) is 29.8 Å². The summed E-state index contributed by atoms with van der Waals surface area (Å²) in [6.07, 6.45) is 2.52. The Morgan fingerprint density at radius 3 is 2.40 bits per heavy atom. The Morgan fingerprint density at radius 1 is 1.25 bits per heavy atom. The number of carbonyl (C=O) groups excluding carboxylic acids is 1. The van der Waals surface area contributed by atoms with Crippen LogP contribution in [0.1, 0.15) is 38.7 Å². The molecule has 4 heteroatoms. The van der Waals surface area contributed by atoms with Gasteiger partial charge in [-0.25, -0.2) is 0 Å². The number of anilines is 1. The number of benzene rings is 1. The van der Waals surface area contributed by atoms with Crippen molar-refractivity contribution in [3.8, 4) is 0 Å². The minimum Gasteiger partial charge on any atom is -0.399 e. The van der Waals surface area contributed by atoms with E-state index in [1.165, 1.54) is 0 Å². The van der Waals surface area contributed by atoms with E-state index in [1.807, 2.05) is 24.3 Å². The first-order chi connectivity index (χ1) is 9.56. The van der Waals surface area contributed by atoms with E-state index in [9.17, 15) is 9.90 Å². The molecule has 0 aliphatic carbocycles. The third kappa shape index (κ3) is 5.61. The summed E-state index contributed by atoms with van der Waals surface area (Å²) in [4.78, 5) is 11.7. The van der Waals surface area contributed by atoms with Crippen LogP contribution >= 0.6 is 0 Å². The molecular formula is C16H26N2O2. The molecule has 0 aliphatic rings. The van der Waals surface area contributed by atoms with Gasteiger partial charge >= 0.3 is 0 Å². The van der Waals surface area contributed by atoms with Crippen LogP contribution in [-0.4, -0.2) is 23.7 Å². The second-order valence-corrected chi connectivity index (χ2v) is 5.19. The maximum atomic E-state index is 11.7. The average Bonchev–Trinajstić information content (AvgIpc) is 2.45. The minimum absolute atomic E-state index is 0.0215. The predicted octanol–water partition coefficient (Wildman–Crippen LogP) is 2.11. The zero-order valence-electron chi connectivity index (χ0n) is 12.4. The van der Waals surface area contributed by atoms with E-state index in [0.717, 1.165) is 24.1 Å². The quantitative estimate of drug-likeness (QED) is 0.638. The summed E-state index contributed by atoms with van der Waals surface area (Å²) in [5, 5.41) is 12.7. The summed E-state index contributed by atoms with van der Waals surface area (Å²) in [7, 11) is 0. The van der Waals surface area contributed by atoms with E-state index >= 15 is 0 Å². The van der Waals surface area contributed by atoms with Crippen molar-refractivity contribution in [1.82, 2.24) is 5.32 Å². The highest BCUT2D eigenvalue weighted by atomic mass is 16.3. The average molecular weight is 278 g/mol. The van der Waals surface area contributed by atoms with E-state index in [1.54, 1.807) is 0 Å². The number of aryl methyl sites for hydroxylation is 1. The molecule has 4 nitrogen and oxygen atoms in total. The molecule has 0 heterocycles. The van der Waals surface area contributed by atoms with Crippen LogP contribution in [0.4, 0.5) is 5.69 Å². The van der Waals surface area contributed by atoms with Crippen molar-refractivity contribution in [2.24, 2.45) is 5.92 Å². The summed E-state index contributed by atoms with van der Waals surface area (Å²) in [5.74, 6) is 0.235. The molecule has 1 atom stereocenters. The number of aliphatic hydroxyl groups is 1. The van der Waals surface area contributed by atoms with Crippen LogP contribution in [0.25, 0.3) is 0 Å². The van der Waals surface area contributed by atoms with Crippen LogP contribution in [0.15, 0.2) is 24.3 Å². The molecule has 1 rings (SSSR count). The number of hydrogen-bond donors (Lipinski definition) is 3. The van der Waals surface area contributed by atoms with Gasteiger partial charge < -0.3 is 16.2 Å². The first kappa shape index (κ1) is 16.5. The highest BCUT2D eigenvalue weighted by Crippen LogP contribution is 2.12. The summed E-state index contributed by atoms with van der Waals surface area (Å²) in [5.41, 5.74) is 7.43. The second kappa shape index (κ2) is 8.59. The molecule has 20 heavy (non-hydrogen) atoms. The molecule has 0 spiro atoms. The van der Waals surface area contributed by atoms with Gasteiger partial charge in [-0.1, -0.05) is 38.8 Å². The van der Waals surface area contributed by atoms with Crippen molar-refractivity contribution in [2.75, 3.05) is 12.3 Å². The molecule has 0 fully saturated rings. The molecule has 112 valence electrons. The zero-order valence-corrected chi connectivity index (χ0v) is 12.4. The fourth-order valence-electron chi connectivity index (χ4n) is 2.25. The summed E-state index contributed by atoms with van der Waals surface area (Å²) in [6.45, 7) is 4.45. The Kier molecular flexibility index (Phi) is 7.09. The minimum atomic E-state index is -0.453. The Bertz CT molecular complexity index is 399. The molecule has 0 aliphatic heterocycles. The topological polar surface area (TPSA) is 75.3 Å². The fourth-order valence-corrected chi connectivity index (χ4v) is 2.25. The van der Waals surface area contributed by atoms with Crippen LogP contribution in [0.5, 0.6) is 0 Å². The Hall–Kier alpha value is -1.55. The molecule has 1 unspecified atom stereocenters. The highest BCUT2D eigenvalue weighted by Gasteiger charge is 2.15. The maximum absolute atomic E-state index is 11.7. The van der Waals surface area contributed by atoms with Gasteiger partial charge in [0.1, 0.15) is 0 Å². The smallest absolute Gasteiger partial charge is 0.220 e. The second-order valence-electron chi connectivity index (χ2n) is 5.19. The number of nitrogens with one attached hydrogen (secondary N) is 1. The van der Waals surface area contributed by atoms with Gasteiger partial charge in [0.25, 0.3) is 0 Å². The van der Waals surface area contributed by atoms with Crippen LogP contribution in [0, 0.1) is 5.92 Å². The van der Waals surface area contributed by atoms with E-state index in [0.29, 0.717) is 19.4 Å². The van der Waals surface area contributed by atoms with Gasteiger partial charge in [0.2, 0.25) is 5.91 Å². The SMILES string of the molecule is CCC(CC)C(O)CNC(=O)CCc1ccc(N)cc1. The lowest BCUT2D eigenvalue weighted by Crippen LogP contribution is -2.36. The standard InChI is InChI=1S/C16H26N2O2/c1-3-13(4-2)15(19)11-18-16(20)10-7-12-5-8-14(17)9-6-12/h5-6,8-9,13,15,19H,3-4,7,10-11,17H2,1-2H3,(H,18,20). The van der Waals surface area contributed by atoms with E-state index in [4.69, 9.17) is 5.73 Å². The molecule has 0 bridgehead atoms. The number of nitrogen functional groups attached to an aromatic ring is 1. The summed E-state index contributed by atoms with van der Waals surface area (Å²) < 4.78 is 0. The summed E-state index contributed by atoms with van der Waals surface area (Å²) in [6, 6.07) is 7.54. The van der Waals surface area contributed by atoms with Crippen molar-refractivity contribution in [3.63, 3.8) is 0 Å². The fraction of sp³-hybridized carbons (Fsp3) is 0.562. The van der Waals surface area contributed by atoms with E-state index < -0.39 is 6.10 Å². The largest absolute Gasteiger partial charge is 0.399 e. The summed E-state index contributed by atoms with van der Waals surface area (Å²) >= 11 is 0. The lowest BCUT2D eigenvalue weighted by molar-refractivity contribution is -0.121. The van der Waals surface area contributed by atoms with Crippen molar-refractivity contribution in [2.45, 2.75) is 45.6 Å². The molecule has 0 saturated heterocycles. The first-order valence-corrected chi connectivity index (χ1v) is 7.36. The molecule has 1 aromatic rings. The lowest BCUT2D eigenvalue weighted by atomic mass is 9.96. The molecule has 0 aromatic heterocycles. The van der Waals surface area contributed by atoms with Gasteiger partial charge in [-0.3, -0.25) is 4.79 Å². The monoisotopic (exact) mass is 278 g/mol. The number of rotatable bonds is 8. The van der Waals surface area contributed by atoms with Gasteiger partial charge in [-0.15, -0.1) is 0 Å². The Morgan fingerprint density at radius 2 is 1.85 bits per heavy atom. The molecule has 1 amide bonds. The van der Waals surface area contributed by atoms with Crippen molar-refractivity contribution in [1.29, 1.82) is 0 Å². The number of hydrogen-bond acceptors (Lipinski definition) is 3. The van der Waals surface area contributed by atoms with E-state index in [2.05, 4.69) is 19.2 Å². The molecule has 4 N–H and O–H groups in total. The normalized spacial score (nSPS) is 12.4. The van der Waals surface area contributed by atoms with Gasteiger partial charge in [0, 0.05) is 18.7 Å². The lowest BCUT2D eigenvalue weighted by Gasteiger charge is -2.20. The van der Waals surface area contributed by atoms with Gasteiger partial charge in [0.05, 0.1) is 6.10 Å². The van der Waals surface area contributed by atoms with Crippen molar-refractivity contribution < 1.29 is 9.90 Å². The van der Waals surface area contributed by atoms with Crippen LogP contribution in [-0.2, 0) is 11.2 Å². The Labute approximate surface area is 121 Å². The molecule has 0 saturated carbocycles. The molecular weight excluding hydrogens is 252 g/mol. The molecule has 0 radical (unpaired) electrons. The zero-order chi connectivity index (χ0) is 15.0. The van der Waals surface area contributed by atoms with Crippen LogP contribution < -0.4 is 11.1 Å². The van der Waals surface area contributed by atoms with E-state index in [-0.39, 0.29) is 11.8 Å². The number of amides is 1. The third-order valence-corrected chi connectivity index (χ3v) is 3.72. The first-order valence-electron chi connectivity index (χ1n) is 7.36. The molecule has 1 aromatic carbocycles. The van der Waals surface area contributed by atoms with Gasteiger partial charge in [-0.05, 0) is 30.0 Å². The highest BCUT2D eigenvalue weighted by molar-refractivity contribution is 5.76. The number of aliphatic hydroxyl groups excluding tert-OH is 1. The Balaban J connectivity index is 2.28.